The summed E-state index contributed by atoms with van der Waals surface area (Å²) in [5.41, 5.74) is 0.304. The van der Waals surface area contributed by atoms with E-state index in [4.69, 9.17) is 5.11 Å². The van der Waals surface area contributed by atoms with Crippen LogP contribution in [0.15, 0.2) is 18.2 Å². The molecule has 2 amide bonds. The number of carbonyl (C=O) groups is 2. The third-order valence-electron chi connectivity index (χ3n) is 2.58. The lowest BCUT2D eigenvalue weighted by Crippen LogP contribution is -2.38. The minimum absolute atomic E-state index is 0.177. The van der Waals surface area contributed by atoms with Gasteiger partial charge in [-0.25, -0.2) is 14.0 Å². The molecule has 0 atom stereocenters. The van der Waals surface area contributed by atoms with Gasteiger partial charge in [0.05, 0.1) is 5.56 Å². The lowest BCUT2D eigenvalue weighted by atomic mass is 10.1. The third kappa shape index (κ3) is 4.85. The number of nitrogens with zero attached hydrogens (tertiary/aromatic N) is 1. The molecule has 1 rings (SSSR count). The van der Waals surface area contributed by atoms with Gasteiger partial charge in [-0.1, -0.05) is 6.07 Å². The van der Waals surface area contributed by atoms with E-state index in [2.05, 4.69) is 10.6 Å². The van der Waals surface area contributed by atoms with E-state index in [0.717, 1.165) is 0 Å². The molecule has 0 heterocycles. The maximum atomic E-state index is 13.4. The number of hydrogen-bond donors (Lipinski definition) is 3. The number of carbonyl (C=O) groups excluding carboxylic acids is 1. The van der Waals surface area contributed by atoms with Crippen LogP contribution in [0.5, 0.6) is 0 Å². The molecule has 0 aromatic heterocycles. The highest BCUT2D eigenvalue weighted by Crippen LogP contribution is 2.10. The fraction of sp³-hybridized carbons (Fsp3) is 0.385. The van der Waals surface area contributed by atoms with E-state index in [1.165, 1.54) is 17.0 Å². The molecule has 0 bridgehead atoms. The number of aromatic carboxylic acids is 1. The molecule has 0 spiro atoms. The van der Waals surface area contributed by atoms with Gasteiger partial charge in [0.2, 0.25) is 0 Å². The summed E-state index contributed by atoms with van der Waals surface area (Å²) in [6.07, 6.45) is 0. The molecule has 0 radical (unpaired) electrons. The van der Waals surface area contributed by atoms with Gasteiger partial charge in [-0.3, -0.25) is 0 Å². The van der Waals surface area contributed by atoms with E-state index in [1.807, 2.05) is 0 Å². The van der Waals surface area contributed by atoms with Gasteiger partial charge < -0.3 is 20.6 Å². The standard InChI is InChI=1S/C13H18FN3O3/c1-17(2)13(20)16-6-5-15-8-9-3-4-10(12(18)19)11(14)7-9/h3-4,7,15H,5-6,8H2,1-2H3,(H,16,20)(H,18,19). The Morgan fingerprint density at radius 1 is 1.30 bits per heavy atom. The van der Waals surface area contributed by atoms with Crippen LogP contribution in [0.3, 0.4) is 0 Å². The normalized spacial score (nSPS) is 10.2. The number of urea groups is 1. The van der Waals surface area contributed by atoms with Gasteiger partial charge in [0.15, 0.2) is 0 Å². The lowest BCUT2D eigenvalue weighted by Gasteiger charge is -2.12. The number of nitrogens with one attached hydrogen (secondary N) is 2. The summed E-state index contributed by atoms with van der Waals surface area (Å²) < 4.78 is 13.4. The number of amides is 2. The van der Waals surface area contributed by atoms with Crippen molar-refractivity contribution in [2.75, 3.05) is 27.2 Å². The average Bonchev–Trinajstić information content (AvgIpc) is 2.37. The number of rotatable bonds is 6. The van der Waals surface area contributed by atoms with Gasteiger partial charge in [0.1, 0.15) is 5.82 Å². The zero-order valence-electron chi connectivity index (χ0n) is 11.4. The van der Waals surface area contributed by atoms with Crippen molar-refractivity contribution in [3.05, 3.63) is 35.1 Å². The van der Waals surface area contributed by atoms with Crippen molar-refractivity contribution in [3.63, 3.8) is 0 Å². The van der Waals surface area contributed by atoms with Crippen molar-refractivity contribution in [3.8, 4) is 0 Å². The Labute approximate surface area is 116 Å². The second-order valence-electron chi connectivity index (χ2n) is 4.42. The van der Waals surface area contributed by atoms with Crippen LogP contribution in [-0.2, 0) is 6.54 Å². The van der Waals surface area contributed by atoms with E-state index < -0.39 is 11.8 Å². The topological polar surface area (TPSA) is 81.7 Å². The van der Waals surface area contributed by atoms with Gasteiger partial charge in [0, 0.05) is 33.7 Å². The van der Waals surface area contributed by atoms with Crippen molar-refractivity contribution < 1.29 is 19.1 Å². The van der Waals surface area contributed by atoms with Crippen LogP contribution >= 0.6 is 0 Å². The zero-order valence-corrected chi connectivity index (χ0v) is 11.4. The summed E-state index contributed by atoms with van der Waals surface area (Å²) in [5, 5.41) is 14.4. The highest BCUT2D eigenvalue weighted by molar-refractivity contribution is 5.87. The first-order valence-corrected chi connectivity index (χ1v) is 6.09. The predicted octanol–water partition coefficient (Wildman–Crippen LogP) is 0.885. The second-order valence-corrected chi connectivity index (χ2v) is 4.42. The molecule has 1 aromatic carbocycles. The molecule has 1 aromatic rings. The summed E-state index contributed by atoms with van der Waals surface area (Å²) in [7, 11) is 3.30. The number of hydrogen-bond acceptors (Lipinski definition) is 3. The Hall–Kier alpha value is -2.15. The SMILES string of the molecule is CN(C)C(=O)NCCNCc1ccc(C(=O)O)c(F)c1. The molecular formula is C13H18FN3O3. The molecule has 0 aliphatic heterocycles. The molecule has 0 fully saturated rings. The van der Waals surface area contributed by atoms with Crippen LogP contribution in [0.1, 0.15) is 15.9 Å². The number of carboxylic acids is 1. The Morgan fingerprint density at radius 2 is 2.00 bits per heavy atom. The maximum Gasteiger partial charge on any atom is 0.338 e. The first kappa shape index (κ1) is 15.9. The van der Waals surface area contributed by atoms with Crippen LogP contribution in [-0.4, -0.2) is 49.2 Å². The van der Waals surface area contributed by atoms with Crippen molar-refractivity contribution in [1.82, 2.24) is 15.5 Å². The molecule has 0 saturated heterocycles. The maximum absolute atomic E-state index is 13.4. The van der Waals surface area contributed by atoms with Crippen molar-refractivity contribution in [2.24, 2.45) is 0 Å². The van der Waals surface area contributed by atoms with Gasteiger partial charge in [-0.15, -0.1) is 0 Å². The van der Waals surface area contributed by atoms with Crippen LogP contribution in [0.4, 0.5) is 9.18 Å². The Balaban J connectivity index is 2.34. The first-order chi connectivity index (χ1) is 9.41. The van der Waals surface area contributed by atoms with Crippen LogP contribution in [0.2, 0.25) is 0 Å². The van der Waals surface area contributed by atoms with Gasteiger partial charge in [-0.2, -0.15) is 0 Å². The van der Waals surface area contributed by atoms with Gasteiger partial charge in [-0.05, 0) is 17.7 Å². The molecule has 110 valence electrons. The summed E-state index contributed by atoms with van der Waals surface area (Å²) in [6, 6.07) is 3.80. The quantitative estimate of drug-likeness (QED) is 0.677. The molecule has 0 saturated carbocycles. The fourth-order valence-electron chi connectivity index (χ4n) is 1.49. The Kier molecular flexibility index (Phi) is 5.92. The van der Waals surface area contributed by atoms with Gasteiger partial charge in [0.25, 0.3) is 0 Å². The van der Waals surface area contributed by atoms with Crippen LogP contribution < -0.4 is 10.6 Å². The lowest BCUT2D eigenvalue weighted by molar-refractivity contribution is 0.0692. The highest BCUT2D eigenvalue weighted by Gasteiger charge is 2.10. The smallest absolute Gasteiger partial charge is 0.338 e. The fourth-order valence-corrected chi connectivity index (χ4v) is 1.49. The van der Waals surface area contributed by atoms with E-state index in [9.17, 15) is 14.0 Å². The Morgan fingerprint density at radius 3 is 2.55 bits per heavy atom. The summed E-state index contributed by atoms with van der Waals surface area (Å²) >= 11 is 0. The molecular weight excluding hydrogens is 265 g/mol. The molecule has 6 nitrogen and oxygen atoms in total. The third-order valence-corrected chi connectivity index (χ3v) is 2.58. The van der Waals surface area contributed by atoms with E-state index in [0.29, 0.717) is 25.2 Å². The number of halogens is 1. The van der Waals surface area contributed by atoms with E-state index >= 15 is 0 Å². The molecule has 7 heteroatoms. The van der Waals surface area contributed by atoms with Crippen LogP contribution in [0.25, 0.3) is 0 Å². The molecule has 0 aliphatic rings. The van der Waals surface area contributed by atoms with Crippen molar-refractivity contribution >= 4 is 12.0 Å². The van der Waals surface area contributed by atoms with Gasteiger partial charge >= 0.3 is 12.0 Å². The van der Waals surface area contributed by atoms with E-state index in [1.54, 1.807) is 20.2 Å². The molecule has 20 heavy (non-hydrogen) atoms. The Bertz CT molecular complexity index is 492. The minimum atomic E-state index is -1.28. The number of carboxylic acid groups (broad SMARTS) is 1. The summed E-state index contributed by atoms with van der Waals surface area (Å²) in [4.78, 5) is 23.3. The zero-order chi connectivity index (χ0) is 15.1. The first-order valence-electron chi connectivity index (χ1n) is 6.09. The molecule has 3 N–H and O–H groups in total. The largest absolute Gasteiger partial charge is 0.478 e. The monoisotopic (exact) mass is 283 g/mol. The van der Waals surface area contributed by atoms with Crippen LogP contribution in [0, 0.1) is 5.82 Å². The summed E-state index contributed by atoms with van der Waals surface area (Å²) in [5.74, 6) is -2.04. The second kappa shape index (κ2) is 7.44. The van der Waals surface area contributed by atoms with E-state index in [-0.39, 0.29) is 11.6 Å². The average molecular weight is 283 g/mol. The predicted molar refractivity (Wildman–Crippen MR) is 72.2 cm³/mol. The minimum Gasteiger partial charge on any atom is -0.478 e. The summed E-state index contributed by atoms with van der Waals surface area (Å²) in [6.45, 7) is 1.38. The number of benzene rings is 1. The van der Waals surface area contributed by atoms with Crippen molar-refractivity contribution in [2.45, 2.75) is 6.54 Å². The molecule has 0 aliphatic carbocycles. The molecule has 0 unspecified atom stereocenters. The highest BCUT2D eigenvalue weighted by atomic mass is 19.1. The van der Waals surface area contributed by atoms with Crippen molar-refractivity contribution in [1.29, 1.82) is 0 Å².